The van der Waals surface area contributed by atoms with Gasteiger partial charge in [-0.05, 0) is 31.0 Å². The van der Waals surface area contributed by atoms with Gasteiger partial charge in [-0.25, -0.2) is 0 Å². The summed E-state index contributed by atoms with van der Waals surface area (Å²) in [7, 11) is 1.49. The van der Waals surface area contributed by atoms with E-state index in [-0.39, 0.29) is 11.9 Å². The molecule has 0 atom stereocenters. The lowest BCUT2D eigenvalue weighted by Gasteiger charge is -2.09. The fourth-order valence-corrected chi connectivity index (χ4v) is 1.43. The first kappa shape index (κ1) is 11.4. The van der Waals surface area contributed by atoms with Crippen LogP contribution < -0.4 is 9.47 Å². The summed E-state index contributed by atoms with van der Waals surface area (Å²) in [6.07, 6.45) is 3.07. The number of methoxy groups -OCH3 is 1. The molecule has 1 aliphatic carbocycles. The Morgan fingerprint density at radius 1 is 1.47 bits per heavy atom. The lowest BCUT2D eigenvalue weighted by atomic mass is 10.2. The van der Waals surface area contributed by atoms with E-state index in [0.29, 0.717) is 17.1 Å². The molecule has 0 heterocycles. The minimum atomic E-state index is -0.216. The second-order valence-corrected chi connectivity index (χ2v) is 3.85. The molecule has 0 aromatic heterocycles. The van der Waals surface area contributed by atoms with E-state index in [1.807, 2.05) is 0 Å². The second kappa shape index (κ2) is 4.86. The molecule has 17 heavy (non-hydrogen) atoms. The molecular formula is C12H13NO4. The first-order valence-corrected chi connectivity index (χ1v) is 5.31. The Kier molecular flexibility index (Phi) is 3.27. The Morgan fingerprint density at radius 2 is 2.24 bits per heavy atom. The van der Waals surface area contributed by atoms with Crippen molar-refractivity contribution in [3.63, 3.8) is 0 Å². The SMILES string of the molecule is COc1cc(C=NO)ccc1OC(=O)C1CC1. The summed E-state index contributed by atoms with van der Waals surface area (Å²) in [5.41, 5.74) is 0.663. The Bertz CT molecular complexity index is 452. The number of ether oxygens (including phenoxy) is 2. The molecule has 1 fully saturated rings. The van der Waals surface area contributed by atoms with Crippen molar-refractivity contribution in [2.75, 3.05) is 7.11 Å². The van der Waals surface area contributed by atoms with Gasteiger partial charge >= 0.3 is 5.97 Å². The normalized spacial score (nSPS) is 14.9. The first-order valence-electron chi connectivity index (χ1n) is 5.31. The van der Waals surface area contributed by atoms with Gasteiger partial charge in [0.2, 0.25) is 0 Å². The molecule has 0 saturated heterocycles. The van der Waals surface area contributed by atoms with Gasteiger partial charge in [-0.1, -0.05) is 5.16 Å². The Hall–Kier alpha value is -2.04. The highest BCUT2D eigenvalue weighted by Crippen LogP contribution is 2.33. The second-order valence-electron chi connectivity index (χ2n) is 3.85. The third-order valence-electron chi connectivity index (χ3n) is 2.52. The summed E-state index contributed by atoms with van der Waals surface area (Å²) >= 11 is 0. The van der Waals surface area contributed by atoms with Gasteiger partial charge in [-0.15, -0.1) is 0 Å². The minimum Gasteiger partial charge on any atom is -0.493 e. The van der Waals surface area contributed by atoms with E-state index in [1.54, 1.807) is 18.2 Å². The zero-order valence-electron chi connectivity index (χ0n) is 9.42. The molecule has 1 aromatic rings. The molecule has 2 rings (SSSR count). The van der Waals surface area contributed by atoms with Crippen LogP contribution in [0.5, 0.6) is 11.5 Å². The van der Waals surface area contributed by atoms with Crippen LogP contribution in [0, 0.1) is 5.92 Å². The largest absolute Gasteiger partial charge is 0.493 e. The van der Waals surface area contributed by atoms with E-state index in [9.17, 15) is 4.79 Å². The van der Waals surface area contributed by atoms with Gasteiger partial charge < -0.3 is 14.7 Å². The Morgan fingerprint density at radius 3 is 2.82 bits per heavy atom. The maximum Gasteiger partial charge on any atom is 0.314 e. The number of esters is 1. The maximum atomic E-state index is 11.5. The van der Waals surface area contributed by atoms with Crippen LogP contribution in [0.25, 0.3) is 0 Å². The molecule has 1 saturated carbocycles. The fourth-order valence-electron chi connectivity index (χ4n) is 1.43. The summed E-state index contributed by atoms with van der Waals surface area (Å²) in [4.78, 5) is 11.5. The number of oxime groups is 1. The van der Waals surface area contributed by atoms with Crippen LogP contribution in [0.15, 0.2) is 23.4 Å². The number of carbonyl (C=O) groups excluding carboxylic acids is 1. The van der Waals surface area contributed by atoms with Gasteiger partial charge in [0.25, 0.3) is 0 Å². The minimum absolute atomic E-state index is 0.0402. The van der Waals surface area contributed by atoms with E-state index in [0.717, 1.165) is 12.8 Å². The van der Waals surface area contributed by atoms with Gasteiger partial charge in [0.1, 0.15) is 0 Å². The van der Waals surface area contributed by atoms with Crippen LogP contribution in [0.4, 0.5) is 0 Å². The molecule has 0 unspecified atom stereocenters. The van der Waals surface area contributed by atoms with Crippen molar-refractivity contribution in [3.8, 4) is 11.5 Å². The molecule has 1 N–H and O–H groups in total. The van der Waals surface area contributed by atoms with Crippen molar-refractivity contribution in [1.29, 1.82) is 0 Å². The van der Waals surface area contributed by atoms with Crippen molar-refractivity contribution >= 4 is 12.2 Å². The van der Waals surface area contributed by atoms with Gasteiger partial charge in [0, 0.05) is 5.56 Å². The van der Waals surface area contributed by atoms with Crippen LogP contribution in [0.3, 0.4) is 0 Å². The summed E-state index contributed by atoms with van der Waals surface area (Å²) in [5.74, 6) is 0.654. The van der Waals surface area contributed by atoms with E-state index in [1.165, 1.54) is 13.3 Å². The third kappa shape index (κ3) is 2.75. The molecular weight excluding hydrogens is 222 g/mol. The predicted molar refractivity (Wildman–Crippen MR) is 60.7 cm³/mol. The van der Waals surface area contributed by atoms with Crippen molar-refractivity contribution in [2.45, 2.75) is 12.8 Å². The zero-order chi connectivity index (χ0) is 12.3. The number of nitrogens with zero attached hydrogens (tertiary/aromatic N) is 1. The average Bonchev–Trinajstić information content (AvgIpc) is 3.15. The molecule has 0 bridgehead atoms. The van der Waals surface area contributed by atoms with Crippen LogP contribution in [-0.2, 0) is 4.79 Å². The molecule has 0 amide bonds. The lowest BCUT2D eigenvalue weighted by Crippen LogP contribution is -2.10. The number of hydrogen-bond acceptors (Lipinski definition) is 5. The van der Waals surface area contributed by atoms with E-state index in [2.05, 4.69) is 5.16 Å². The highest BCUT2D eigenvalue weighted by molar-refractivity contribution is 5.82. The highest BCUT2D eigenvalue weighted by atomic mass is 16.6. The van der Waals surface area contributed by atoms with Crippen molar-refractivity contribution in [2.24, 2.45) is 11.1 Å². The maximum absolute atomic E-state index is 11.5. The molecule has 0 spiro atoms. The van der Waals surface area contributed by atoms with Gasteiger partial charge in [-0.2, -0.15) is 0 Å². The zero-order valence-corrected chi connectivity index (χ0v) is 9.42. The fraction of sp³-hybridized carbons (Fsp3) is 0.333. The molecule has 90 valence electrons. The van der Waals surface area contributed by atoms with Gasteiger partial charge in [-0.3, -0.25) is 4.79 Å². The number of benzene rings is 1. The smallest absolute Gasteiger partial charge is 0.314 e. The van der Waals surface area contributed by atoms with E-state index in [4.69, 9.17) is 14.7 Å². The quantitative estimate of drug-likeness (QED) is 0.284. The number of rotatable bonds is 4. The average molecular weight is 235 g/mol. The summed E-state index contributed by atoms with van der Waals surface area (Å²) in [6.45, 7) is 0. The van der Waals surface area contributed by atoms with Crippen LogP contribution in [0.1, 0.15) is 18.4 Å². The number of hydrogen-bond donors (Lipinski definition) is 1. The van der Waals surface area contributed by atoms with Crippen molar-refractivity contribution in [1.82, 2.24) is 0 Å². The molecule has 5 nitrogen and oxygen atoms in total. The third-order valence-corrected chi connectivity index (χ3v) is 2.52. The van der Waals surface area contributed by atoms with E-state index < -0.39 is 0 Å². The first-order chi connectivity index (χ1) is 8.24. The summed E-state index contributed by atoms with van der Waals surface area (Å²) < 4.78 is 10.3. The molecule has 5 heteroatoms. The Labute approximate surface area is 98.6 Å². The summed E-state index contributed by atoms with van der Waals surface area (Å²) in [5, 5.41) is 11.3. The highest BCUT2D eigenvalue weighted by Gasteiger charge is 2.32. The van der Waals surface area contributed by atoms with Gasteiger partial charge in [0.05, 0.1) is 19.2 Å². The van der Waals surface area contributed by atoms with Crippen LogP contribution in [-0.4, -0.2) is 24.5 Å². The monoisotopic (exact) mass is 235 g/mol. The predicted octanol–water partition coefficient (Wildman–Crippen LogP) is 1.82. The van der Waals surface area contributed by atoms with Crippen molar-refractivity contribution in [3.05, 3.63) is 23.8 Å². The standard InChI is InChI=1S/C12H13NO4/c1-16-11-6-8(7-13-15)2-5-10(11)17-12(14)9-3-4-9/h2,5-7,9,15H,3-4H2,1H3. The number of carbonyl (C=O) groups is 1. The molecule has 0 aliphatic heterocycles. The molecule has 0 radical (unpaired) electrons. The molecule has 1 aromatic carbocycles. The Balaban J connectivity index is 2.17. The van der Waals surface area contributed by atoms with Crippen molar-refractivity contribution < 1.29 is 19.5 Å². The summed E-state index contributed by atoms with van der Waals surface area (Å²) in [6, 6.07) is 4.93. The molecule has 1 aliphatic rings. The van der Waals surface area contributed by atoms with Crippen LogP contribution in [0.2, 0.25) is 0 Å². The lowest BCUT2D eigenvalue weighted by molar-refractivity contribution is -0.135. The van der Waals surface area contributed by atoms with E-state index >= 15 is 0 Å². The van der Waals surface area contributed by atoms with Crippen LogP contribution >= 0.6 is 0 Å². The van der Waals surface area contributed by atoms with Gasteiger partial charge in [0.15, 0.2) is 11.5 Å². The topological polar surface area (TPSA) is 68.1 Å².